The molecule has 0 unspecified atom stereocenters. The second-order valence-corrected chi connectivity index (χ2v) is 8.85. The first-order valence-corrected chi connectivity index (χ1v) is 10.3. The van der Waals surface area contributed by atoms with E-state index < -0.39 is 0 Å². The molecule has 4 heterocycles. The highest BCUT2D eigenvalue weighted by molar-refractivity contribution is 7.18. The molecule has 0 saturated heterocycles. The zero-order valence-corrected chi connectivity index (χ0v) is 16.6. The fourth-order valence-corrected chi connectivity index (χ4v) is 5.29. The van der Waals surface area contributed by atoms with E-state index >= 15 is 0 Å². The Bertz CT molecular complexity index is 1380. The number of aryl methyl sites for hydroxylation is 1. The smallest absolute Gasteiger partial charge is 0.0907 e. The number of H-pyrrole nitrogens is 1. The maximum absolute atomic E-state index is 5.15. The van der Waals surface area contributed by atoms with Crippen LogP contribution >= 0.6 is 11.3 Å². The Labute approximate surface area is 166 Å². The lowest BCUT2D eigenvalue weighted by Crippen LogP contribution is -2.27. The van der Waals surface area contributed by atoms with Crippen LogP contribution in [-0.2, 0) is 13.0 Å². The van der Waals surface area contributed by atoms with Gasteiger partial charge in [0.25, 0.3) is 0 Å². The van der Waals surface area contributed by atoms with Crippen molar-refractivity contribution in [3.8, 4) is 11.3 Å². The number of fused-ring (bicyclic) bond motifs is 6. The topological polar surface area (TPSA) is 57.7 Å². The predicted octanol–water partition coefficient (Wildman–Crippen LogP) is 4.68. The van der Waals surface area contributed by atoms with Crippen LogP contribution in [0.25, 0.3) is 43.3 Å². The molecule has 1 aliphatic heterocycles. The Kier molecular flexibility index (Phi) is 3.36. The summed E-state index contributed by atoms with van der Waals surface area (Å²) in [5.41, 5.74) is 8.23. The maximum atomic E-state index is 5.15. The third-order valence-electron chi connectivity index (χ3n) is 5.73. The van der Waals surface area contributed by atoms with Crippen molar-refractivity contribution in [3.63, 3.8) is 0 Å². The molecule has 1 N–H and O–H groups in total. The molecule has 0 radical (unpaired) electrons. The van der Waals surface area contributed by atoms with Gasteiger partial charge in [-0.1, -0.05) is 6.07 Å². The van der Waals surface area contributed by atoms with Gasteiger partial charge in [0.15, 0.2) is 0 Å². The number of nitrogens with zero attached hydrogens (tertiary/aromatic N) is 4. The van der Waals surface area contributed by atoms with Gasteiger partial charge >= 0.3 is 0 Å². The third kappa shape index (κ3) is 2.31. The SMILES string of the molecule is Cc1nc2ccc(-c3nc4ccc5[nH]ncc5c4c4c3CN(C)CC4)cc2s1. The predicted molar refractivity (Wildman–Crippen MR) is 115 cm³/mol. The summed E-state index contributed by atoms with van der Waals surface area (Å²) in [5, 5.41) is 10.9. The van der Waals surface area contributed by atoms with Crippen molar-refractivity contribution in [2.24, 2.45) is 0 Å². The normalized spacial score (nSPS) is 14.9. The number of aromatic amines is 1. The minimum Gasteiger partial charge on any atom is -0.302 e. The summed E-state index contributed by atoms with van der Waals surface area (Å²) in [5.74, 6) is 0. The first-order valence-electron chi connectivity index (χ1n) is 9.51. The average Bonchev–Trinajstić information content (AvgIpc) is 3.31. The second kappa shape index (κ2) is 5.83. The van der Waals surface area contributed by atoms with Crippen LogP contribution in [0.1, 0.15) is 16.1 Å². The van der Waals surface area contributed by atoms with Gasteiger partial charge in [-0.3, -0.25) is 5.10 Å². The number of hydrogen-bond donors (Lipinski definition) is 1. The van der Waals surface area contributed by atoms with Gasteiger partial charge in [-0.25, -0.2) is 9.97 Å². The van der Waals surface area contributed by atoms with Crippen LogP contribution in [0.15, 0.2) is 36.5 Å². The van der Waals surface area contributed by atoms with E-state index in [0.29, 0.717) is 0 Å². The molecule has 1 aliphatic rings. The van der Waals surface area contributed by atoms with Crippen LogP contribution in [-0.4, -0.2) is 38.7 Å². The molecule has 3 aromatic heterocycles. The highest BCUT2D eigenvalue weighted by atomic mass is 32.1. The highest BCUT2D eigenvalue weighted by Gasteiger charge is 2.23. The van der Waals surface area contributed by atoms with E-state index in [2.05, 4.69) is 64.4 Å². The molecule has 5 nitrogen and oxygen atoms in total. The summed E-state index contributed by atoms with van der Waals surface area (Å²) < 4.78 is 1.22. The molecule has 0 fully saturated rings. The number of likely N-dealkylation sites (N-methyl/N-ethyl adjacent to an activating group) is 1. The Morgan fingerprint density at radius 3 is 2.89 bits per heavy atom. The molecule has 0 saturated carbocycles. The highest BCUT2D eigenvalue weighted by Crippen LogP contribution is 2.37. The molecule has 5 aromatic rings. The van der Waals surface area contributed by atoms with Gasteiger partial charge in [0.1, 0.15) is 0 Å². The molecule has 138 valence electrons. The number of benzene rings is 2. The number of thiazole rings is 1. The number of nitrogens with one attached hydrogen (secondary N) is 1. The Balaban J connectivity index is 1.69. The van der Waals surface area contributed by atoms with Crippen LogP contribution in [0.2, 0.25) is 0 Å². The third-order valence-corrected chi connectivity index (χ3v) is 6.66. The zero-order chi connectivity index (χ0) is 18.8. The van der Waals surface area contributed by atoms with Crippen molar-refractivity contribution in [3.05, 3.63) is 52.7 Å². The lowest BCUT2D eigenvalue weighted by molar-refractivity contribution is 0.314. The van der Waals surface area contributed by atoms with Gasteiger partial charge in [0.2, 0.25) is 0 Å². The van der Waals surface area contributed by atoms with Gasteiger partial charge in [-0.05, 0) is 55.8 Å². The van der Waals surface area contributed by atoms with Gasteiger partial charge in [0, 0.05) is 29.4 Å². The first-order chi connectivity index (χ1) is 13.7. The number of rotatable bonds is 1. The molecule has 0 spiro atoms. The zero-order valence-electron chi connectivity index (χ0n) is 15.8. The van der Waals surface area contributed by atoms with Gasteiger partial charge in [-0.2, -0.15) is 5.10 Å². The van der Waals surface area contributed by atoms with E-state index in [1.54, 1.807) is 11.3 Å². The fourth-order valence-electron chi connectivity index (χ4n) is 4.42. The number of hydrogen-bond acceptors (Lipinski definition) is 5. The van der Waals surface area contributed by atoms with Crippen molar-refractivity contribution < 1.29 is 0 Å². The summed E-state index contributed by atoms with van der Waals surface area (Å²) >= 11 is 1.74. The van der Waals surface area contributed by atoms with Crippen molar-refractivity contribution >= 4 is 43.4 Å². The quantitative estimate of drug-likeness (QED) is 0.455. The molecular weight excluding hydrogens is 366 g/mol. The molecule has 2 aromatic carbocycles. The minimum absolute atomic E-state index is 0.918. The summed E-state index contributed by atoms with van der Waals surface area (Å²) in [4.78, 5) is 12.1. The van der Waals surface area contributed by atoms with Crippen LogP contribution in [0.3, 0.4) is 0 Å². The van der Waals surface area contributed by atoms with Crippen LogP contribution in [0, 0.1) is 6.92 Å². The van der Waals surface area contributed by atoms with Crippen LogP contribution < -0.4 is 0 Å². The standard InChI is InChI=1S/C22H19N5S/c1-12-24-18-4-3-13(9-20(18)28-12)22-16-11-27(2)8-7-14(16)21-15-10-23-26-17(15)5-6-19(21)25-22/h3-6,9-10H,7-8,11H2,1-2H3,(H,23,26). The Morgan fingerprint density at radius 1 is 1.07 bits per heavy atom. The molecule has 28 heavy (non-hydrogen) atoms. The fraction of sp³-hybridized carbons (Fsp3) is 0.227. The minimum atomic E-state index is 0.918. The molecule has 6 rings (SSSR count). The average molecular weight is 385 g/mol. The number of aromatic nitrogens is 4. The molecule has 0 bridgehead atoms. The molecular formula is C22H19N5S. The van der Waals surface area contributed by atoms with E-state index in [1.807, 2.05) is 6.20 Å². The van der Waals surface area contributed by atoms with E-state index in [-0.39, 0.29) is 0 Å². The monoisotopic (exact) mass is 385 g/mol. The van der Waals surface area contributed by atoms with Gasteiger partial charge in [0.05, 0.1) is 38.1 Å². The summed E-state index contributed by atoms with van der Waals surface area (Å²) in [6, 6.07) is 10.7. The van der Waals surface area contributed by atoms with Crippen molar-refractivity contribution in [2.45, 2.75) is 19.9 Å². The molecule has 6 heteroatoms. The second-order valence-electron chi connectivity index (χ2n) is 7.61. The Morgan fingerprint density at radius 2 is 1.96 bits per heavy atom. The van der Waals surface area contributed by atoms with E-state index in [0.717, 1.165) is 46.8 Å². The van der Waals surface area contributed by atoms with Crippen LogP contribution in [0.4, 0.5) is 0 Å². The maximum Gasteiger partial charge on any atom is 0.0907 e. The molecule has 0 aliphatic carbocycles. The van der Waals surface area contributed by atoms with Gasteiger partial charge < -0.3 is 4.90 Å². The first kappa shape index (κ1) is 16.2. The van der Waals surface area contributed by atoms with E-state index in [1.165, 1.54) is 32.2 Å². The summed E-state index contributed by atoms with van der Waals surface area (Å²) in [7, 11) is 2.19. The largest absolute Gasteiger partial charge is 0.302 e. The lowest BCUT2D eigenvalue weighted by atomic mass is 9.90. The summed E-state index contributed by atoms with van der Waals surface area (Å²) in [6.07, 6.45) is 2.97. The molecule has 0 amide bonds. The van der Waals surface area contributed by atoms with Crippen LogP contribution in [0.5, 0.6) is 0 Å². The van der Waals surface area contributed by atoms with Crippen molar-refractivity contribution in [2.75, 3.05) is 13.6 Å². The van der Waals surface area contributed by atoms with E-state index in [9.17, 15) is 0 Å². The molecule has 0 atom stereocenters. The van der Waals surface area contributed by atoms with E-state index in [4.69, 9.17) is 4.98 Å². The van der Waals surface area contributed by atoms with Crippen molar-refractivity contribution in [1.82, 2.24) is 25.1 Å². The number of pyridine rings is 1. The summed E-state index contributed by atoms with van der Waals surface area (Å²) in [6.45, 7) is 4.04. The Hall–Kier alpha value is -2.83. The van der Waals surface area contributed by atoms with Gasteiger partial charge in [-0.15, -0.1) is 11.3 Å². The van der Waals surface area contributed by atoms with Crippen molar-refractivity contribution in [1.29, 1.82) is 0 Å². The lowest BCUT2D eigenvalue weighted by Gasteiger charge is -2.28.